The Labute approximate surface area is 185 Å². The Kier molecular flexibility index (Phi) is 5.84. The van der Waals surface area contributed by atoms with Crippen LogP contribution < -0.4 is 4.90 Å². The van der Waals surface area contributed by atoms with Gasteiger partial charge in [0.2, 0.25) is 0 Å². The number of thiazole rings is 1. The molecular weight excluding hydrogens is 430 g/mol. The normalized spacial score (nSPS) is 11.5. The number of sulfone groups is 1. The number of carbonyl (C=O) groups is 1. The van der Waals surface area contributed by atoms with Crippen molar-refractivity contribution in [2.75, 3.05) is 10.7 Å². The molecule has 1 amide bonds. The minimum Gasteiger partial charge on any atom is -0.278 e. The third-order valence-corrected chi connectivity index (χ3v) is 7.71. The number of nitrogens with zero attached hydrogens (tertiary/aromatic N) is 3. The molecule has 0 aliphatic heterocycles. The molecule has 0 saturated carbocycles. The van der Waals surface area contributed by atoms with E-state index in [9.17, 15) is 13.2 Å². The van der Waals surface area contributed by atoms with Crippen molar-refractivity contribution in [3.05, 3.63) is 83.7 Å². The van der Waals surface area contributed by atoms with E-state index in [0.717, 1.165) is 15.8 Å². The zero-order valence-corrected chi connectivity index (χ0v) is 18.8. The molecule has 31 heavy (non-hydrogen) atoms. The van der Waals surface area contributed by atoms with E-state index in [1.165, 1.54) is 22.3 Å². The SMILES string of the molecule is CCS(=O)(=O)c1ccccc1C(=O)N(Cc1ccccn1)c1nc2ccc(C)cc2s1. The summed E-state index contributed by atoms with van der Waals surface area (Å²) in [5.41, 5.74) is 2.71. The van der Waals surface area contributed by atoms with E-state index in [1.807, 2.05) is 37.3 Å². The van der Waals surface area contributed by atoms with Gasteiger partial charge in [0.15, 0.2) is 15.0 Å². The van der Waals surface area contributed by atoms with Gasteiger partial charge in [0.05, 0.1) is 38.7 Å². The Bertz CT molecular complexity index is 1350. The van der Waals surface area contributed by atoms with Gasteiger partial charge in [-0.1, -0.05) is 42.5 Å². The number of benzene rings is 2. The number of fused-ring (bicyclic) bond motifs is 1. The summed E-state index contributed by atoms with van der Waals surface area (Å²) >= 11 is 1.40. The summed E-state index contributed by atoms with van der Waals surface area (Å²) in [6.45, 7) is 3.75. The third-order valence-electron chi connectivity index (χ3n) is 4.89. The second kappa shape index (κ2) is 8.56. The van der Waals surface area contributed by atoms with Crippen LogP contribution in [0.5, 0.6) is 0 Å². The summed E-state index contributed by atoms with van der Waals surface area (Å²) in [4.78, 5) is 24.2. The van der Waals surface area contributed by atoms with Gasteiger partial charge in [-0.2, -0.15) is 0 Å². The average molecular weight is 452 g/mol. The third kappa shape index (κ3) is 4.35. The van der Waals surface area contributed by atoms with E-state index in [2.05, 4.69) is 9.97 Å². The summed E-state index contributed by atoms with van der Waals surface area (Å²) < 4.78 is 26.2. The van der Waals surface area contributed by atoms with E-state index in [-0.39, 0.29) is 22.8 Å². The van der Waals surface area contributed by atoms with Crippen LogP contribution in [0.3, 0.4) is 0 Å². The largest absolute Gasteiger partial charge is 0.278 e. The molecule has 4 aromatic rings. The maximum absolute atomic E-state index is 13.7. The topological polar surface area (TPSA) is 80.2 Å². The summed E-state index contributed by atoms with van der Waals surface area (Å²) in [7, 11) is -3.57. The molecule has 2 aromatic heterocycles. The van der Waals surface area contributed by atoms with Gasteiger partial charge in [-0.3, -0.25) is 14.7 Å². The van der Waals surface area contributed by atoms with Crippen LogP contribution in [0.25, 0.3) is 10.2 Å². The molecule has 2 aromatic carbocycles. The Morgan fingerprint density at radius 2 is 1.84 bits per heavy atom. The fraction of sp³-hybridized carbons (Fsp3) is 0.174. The van der Waals surface area contributed by atoms with Crippen molar-refractivity contribution >= 4 is 42.4 Å². The molecule has 2 heterocycles. The van der Waals surface area contributed by atoms with Gasteiger partial charge in [0.1, 0.15) is 0 Å². The lowest BCUT2D eigenvalue weighted by atomic mass is 10.2. The fourth-order valence-electron chi connectivity index (χ4n) is 3.23. The number of carbonyl (C=O) groups excluding carboxylic acids is 1. The molecule has 158 valence electrons. The fourth-order valence-corrected chi connectivity index (χ4v) is 5.38. The maximum Gasteiger partial charge on any atom is 0.261 e. The molecule has 0 aliphatic carbocycles. The van der Waals surface area contributed by atoms with E-state index in [0.29, 0.717) is 10.8 Å². The van der Waals surface area contributed by atoms with Crippen LogP contribution in [0, 0.1) is 6.92 Å². The van der Waals surface area contributed by atoms with Crippen molar-refractivity contribution in [2.24, 2.45) is 0 Å². The monoisotopic (exact) mass is 451 g/mol. The van der Waals surface area contributed by atoms with Crippen LogP contribution in [0.15, 0.2) is 71.8 Å². The van der Waals surface area contributed by atoms with Gasteiger partial charge < -0.3 is 0 Å². The average Bonchev–Trinajstić information content (AvgIpc) is 3.20. The Morgan fingerprint density at radius 3 is 2.58 bits per heavy atom. The Balaban J connectivity index is 1.84. The van der Waals surface area contributed by atoms with Crippen molar-refractivity contribution in [2.45, 2.75) is 25.3 Å². The lowest BCUT2D eigenvalue weighted by Gasteiger charge is -2.21. The first kappa shape index (κ1) is 21.1. The molecule has 8 heteroatoms. The van der Waals surface area contributed by atoms with E-state index in [4.69, 9.17) is 0 Å². The first-order valence-corrected chi connectivity index (χ1v) is 12.3. The van der Waals surface area contributed by atoms with Gasteiger partial charge in [-0.15, -0.1) is 0 Å². The molecule has 0 unspecified atom stereocenters. The molecule has 0 radical (unpaired) electrons. The van der Waals surface area contributed by atoms with Crippen LogP contribution >= 0.6 is 11.3 Å². The minimum absolute atomic E-state index is 0.0328. The Hall–Kier alpha value is -3.10. The van der Waals surface area contributed by atoms with Gasteiger partial charge in [0.25, 0.3) is 5.91 Å². The molecule has 0 aliphatic rings. The first-order valence-electron chi connectivity index (χ1n) is 9.80. The minimum atomic E-state index is -3.57. The highest BCUT2D eigenvalue weighted by Crippen LogP contribution is 2.32. The smallest absolute Gasteiger partial charge is 0.261 e. The number of rotatable bonds is 6. The van der Waals surface area contributed by atoms with Gasteiger partial charge >= 0.3 is 0 Å². The number of pyridine rings is 1. The van der Waals surface area contributed by atoms with Crippen LogP contribution in [-0.2, 0) is 16.4 Å². The standard InChI is InChI=1S/C23H21N3O3S2/c1-3-31(28,29)21-10-5-4-9-18(21)22(27)26(15-17-8-6-7-13-24-17)23-25-19-12-11-16(2)14-20(19)30-23/h4-14H,3,15H2,1-2H3. The van der Waals surface area contributed by atoms with Crippen molar-refractivity contribution in [1.29, 1.82) is 0 Å². The highest BCUT2D eigenvalue weighted by atomic mass is 32.2. The van der Waals surface area contributed by atoms with Crippen LogP contribution in [0.1, 0.15) is 28.5 Å². The lowest BCUT2D eigenvalue weighted by Crippen LogP contribution is -2.32. The predicted octanol–water partition coefficient (Wildman–Crippen LogP) is 4.64. The summed E-state index contributed by atoms with van der Waals surface area (Å²) in [6.07, 6.45) is 1.66. The molecule has 6 nitrogen and oxygen atoms in total. The molecule has 4 rings (SSSR count). The summed E-state index contributed by atoms with van der Waals surface area (Å²) in [5, 5.41) is 0.500. The van der Waals surface area contributed by atoms with E-state index >= 15 is 0 Å². The highest BCUT2D eigenvalue weighted by Gasteiger charge is 2.27. The zero-order chi connectivity index (χ0) is 22.0. The Morgan fingerprint density at radius 1 is 1.06 bits per heavy atom. The summed E-state index contributed by atoms with van der Waals surface area (Å²) in [5.74, 6) is -0.508. The van der Waals surface area contributed by atoms with Crippen LogP contribution in [0.2, 0.25) is 0 Å². The van der Waals surface area contributed by atoms with Crippen LogP contribution in [0.4, 0.5) is 5.13 Å². The quantitative estimate of drug-likeness (QED) is 0.427. The van der Waals surface area contributed by atoms with Gasteiger partial charge in [-0.25, -0.2) is 13.4 Å². The van der Waals surface area contributed by atoms with Crippen molar-refractivity contribution in [3.8, 4) is 0 Å². The van der Waals surface area contributed by atoms with Crippen LogP contribution in [-0.4, -0.2) is 30.0 Å². The van der Waals surface area contributed by atoms with Gasteiger partial charge in [0, 0.05) is 6.20 Å². The van der Waals surface area contributed by atoms with Crippen molar-refractivity contribution < 1.29 is 13.2 Å². The van der Waals surface area contributed by atoms with E-state index < -0.39 is 15.7 Å². The number of hydrogen-bond acceptors (Lipinski definition) is 6. The number of anilines is 1. The maximum atomic E-state index is 13.7. The van der Waals surface area contributed by atoms with Crippen molar-refractivity contribution in [3.63, 3.8) is 0 Å². The van der Waals surface area contributed by atoms with E-state index in [1.54, 1.807) is 37.4 Å². The number of aryl methyl sites for hydroxylation is 1. The molecule has 0 atom stereocenters. The molecule has 0 saturated heterocycles. The molecule has 0 fully saturated rings. The number of amides is 1. The zero-order valence-electron chi connectivity index (χ0n) is 17.1. The second-order valence-electron chi connectivity index (χ2n) is 7.08. The second-order valence-corrected chi connectivity index (χ2v) is 10.3. The molecular formula is C23H21N3O3S2. The highest BCUT2D eigenvalue weighted by molar-refractivity contribution is 7.91. The van der Waals surface area contributed by atoms with Crippen molar-refractivity contribution in [1.82, 2.24) is 9.97 Å². The predicted molar refractivity (Wildman–Crippen MR) is 123 cm³/mol. The first-order chi connectivity index (χ1) is 14.9. The molecule has 0 N–H and O–H groups in total. The van der Waals surface area contributed by atoms with Gasteiger partial charge in [-0.05, 0) is 48.9 Å². The number of aromatic nitrogens is 2. The molecule has 0 spiro atoms. The summed E-state index contributed by atoms with van der Waals surface area (Å²) in [6, 6.07) is 17.7. The number of hydrogen-bond donors (Lipinski definition) is 0. The lowest BCUT2D eigenvalue weighted by molar-refractivity contribution is 0.0981. The molecule has 0 bridgehead atoms.